The molecular weight excluding hydrogens is 350 g/mol. The summed E-state index contributed by atoms with van der Waals surface area (Å²) in [6.45, 7) is 6.27. The maximum Gasteiger partial charge on any atom is 0.229 e. The summed E-state index contributed by atoms with van der Waals surface area (Å²) in [5, 5.41) is 7.80. The zero-order valence-corrected chi connectivity index (χ0v) is 16.7. The number of amides is 1. The minimum Gasteiger partial charge on any atom is -0.493 e. The molecule has 26 heavy (non-hydrogen) atoms. The van der Waals surface area contributed by atoms with Crippen LogP contribution in [0.15, 0.2) is 18.2 Å². The van der Waals surface area contributed by atoms with Crippen molar-refractivity contribution in [1.82, 2.24) is 9.78 Å². The molecule has 0 radical (unpaired) electrons. The molecule has 1 amide bonds. The number of rotatable bonds is 5. The number of carbonyl (C=O) groups is 1. The van der Waals surface area contributed by atoms with Gasteiger partial charge in [-0.1, -0.05) is 6.07 Å². The minimum absolute atomic E-state index is 0.0673. The number of thioether (sulfide) groups is 1. The molecule has 1 aromatic heterocycles. The third kappa shape index (κ3) is 3.67. The van der Waals surface area contributed by atoms with E-state index in [1.807, 2.05) is 34.6 Å². The predicted octanol–water partition coefficient (Wildman–Crippen LogP) is 3.58. The van der Waals surface area contributed by atoms with E-state index < -0.39 is 0 Å². The van der Waals surface area contributed by atoms with E-state index in [4.69, 9.17) is 14.6 Å². The van der Waals surface area contributed by atoms with Crippen molar-refractivity contribution in [3.05, 3.63) is 35.0 Å². The smallest absolute Gasteiger partial charge is 0.229 e. The number of anilines is 1. The van der Waals surface area contributed by atoms with Gasteiger partial charge in [-0.15, -0.1) is 0 Å². The van der Waals surface area contributed by atoms with Crippen LogP contribution in [-0.2, 0) is 28.3 Å². The molecule has 0 bridgehead atoms. The molecule has 2 heterocycles. The highest BCUT2D eigenvalue weighted by molar-refractivity contribution is 7.98. The number of hydrogen-bond acceptors (Lipinski definition) is 5. The van der Waals surface area contributed by atoms with Gasteiger partial charge in [-0.25, -0.2) is 4.68 Å². The molecule has 0 atom stereocenters. The fourth-order valence-corrected chi connectivity index (χ4v) is 4.01. The van der Waals surface area contributed by atoms with Gasteiger partial charge in [-0.3, -0.25) is 4.79 Å². The van der Waals surface area contributed by atoms with Crippen LogP contribution in [0.1, 0.15) is 37.6 Å². The van der Waals surface area contributed by atoms with Crippen LogP contribution in [0.3, 0.4) is 0 Å². The summed E-state index contributed by atoms with van der Waals surface area (Å²) in [5.41, 5.74) is 2.89. The number of fused-ring (bicyclic) bond motifs is 1. The Morgan fingerprint density at radius 1 is 1.23 bits per heavy atom. The average molecular weight is 375 g/mol. The van der Waals surface area contributed by atoms with Crippen LogP contribution in [0.4, 0.5) is 5.82 Å². The van der Waals surface area contributed by atoms with Crippen LogP contribution in [0.2, 0.25) is 0 Å². The summed E-state index contributed by atoms with van der Waals surface area (Å²) in [7, 11) is 3.18. The molecule has 1 N–H and O–H groups in total. The first kappa shape index (κ1) is 18.6. The first-order valence-corrected chi connectivity index (χ1v) is 9.68. The van der Waals surface area contributed by atoms with Crippen LogP contribution in [0.5, 0.6) is 11.5 Å². The van der Waals surface area contributed by atoms with E-state index >= 15 is 0 Å². The number of hydrogen-bond donors (Lipinski definition) is 1. The summed E-state index contributed by atoms with van der Waals surface area (Å²) < 4.78 is 12.5. The number of carbonyl (C=O) groups excluding carboxylic acids is 1. The van der Waals surface area contributed by atoms with Crippen molar-refractivity contribution in [2.45, 2.75) is 44.2 Å². The molecule has 0 fully saturated rings. The Balaban J connectivity index is 1.81. The Morgan fingerprint density at radius 3 is 2.62 bits per heavy atom. The molecule has 0 saturated heterocycles. The summed E-state index contributed by atoms with van der Waals surface area (Å²) in [5.74, 6) is 3.81. The third-order valence-electron chi connectivity index (χ3n) is 4.26. The van der Waals surface area contributed by atoms with E-state index in [0.717, 1.165) is 34.1 Å². The first-order chi connectivity index (χ1) is 12.3. The number of benzene rings is 1. The molecule has 0 aliphatic carbocycles. The van der Waals surface area contributed by atoms with Gasteiger partial charge in [-0.05, 0) is 38.5 Å². The second kappa shape index (κ2) is 7.23. The van der Waals surface area contributed by atoms with Gasteiger partial charge in [0.15, 0.2) is 11.5 Å². The summed E-state index contributed by atoms with van der Waals surface area (Å²) in [6, 6.07) is 5.53. The van der Waals surface area contributed by atoms with Gasteiger partial charge in [0, 0.05) is 17.1 Å². The van der Waals surface area contributed by atoms with Crippen molar-refractivity contribution < 1.29 is 14.3 Å². The van der Waals surface area contributed by atoms with E-state index in [2.05, 4.69) is 26.1 Å². The monoisotopic (exact) mass is 375 g/mol. The Hall–Kier alpha value is -2.15. The lowest BCUT2D eigenvalue weighted by Gasteiger charge is -2.23. The molecule has 7 heteroatoms. The lowest BCUT2D eigenvalue weighted by molar-refractivity contribution is -0.115. The molecule has 1 aromatic carbocycles. The lowest BCUT2D eigenvalue weighted by atomic mass is 10.1. The molecule has 2 aromatic rings. The van der Waals surface area contributed by atoms with Crippen LogP contribution in [0.25, 0.3) is 0 Å². The summed E-state index contributed by atoms with van der Waals surface area (Å²) >= 11 is 1.83. The van der Waals surface area contributed by atoms with Crippen LogP contribution >= 0.6 is 11.8 Å². The number of ether oxygens (including phenoxy) is 2. The van der Waals surface area contributed by atoms with Crippen LogP contribution < -0.4 is 14.8 Å². The highest BCUT2D eigenvalue weighted by atomic mass is 32.2. The largest absolute Gasteiger partial charge is 0.493 e. The second-order valence-electron chi connectivity index (χ2n) is 7.26. The molecule has 0 unspecified atom stereocenters. The van der Waals surface area contributed by atoms with E-state index in [9.17, 15) is 4.79 Å². The predicted molar refractivity (Wildman–Crippen MR) is 104 cm³/mol. The van der Waals surface area contributed by atoms with Crippen LogP contribution in [0, 0.1) is 0 Å². The van der Waals surface area contributed by atoms with Gasteiger partial charge in [0.05, 0.1) is 31.9 Å². The van der Waals surface area contributed by atoms with Crippen molar-refractivity contribution >= 4 is 23.5 Å². The molecule has 3 rings (SSSR count). The Morgan fingerprint density at radius 2 is 1.96 bits per heavy atom. The fraction of sp³-hybridized carbons (Fsp3) is 0.474. The fourth-order valence-electron chi connectivity index (χ4n) is 2.98. The normalized spacial score (nSPS) is 13.4. The quantitative estimate of drug-likeness (QED) is 0.865. The van der Waals surface area contributed by atoms with Gasteiger partial charge in [0.1, 0.15) is 5.82 Å². The molecular formula is C19H25N3O3S. The second-order valence-corrected chi connectivity index (χ2v) is 8.25. The van der Waals surface area contributed by atoms with Crippen molar-refractivity contribution in [2.75, 3.05) is 19.5 Å². The maximum absolute atomic E-state index is 12.7. The third-order valence-corrected chi connectivity index (χ3v) is 5.23. The molecule has 1 aliphatic heterocycles. The molecule has 140 valence electrons. The van der Waals surface area contributed by atoms with E-state index in [-0.39, 0.29) is 17.9 Å². The minimum atomic E-state index is -0.193. The van der Waals surface area contributed by atoms with Gasteiger partial charge in [0.2, 0.25) is 5.91 Å². The lowest BCUT2D eigenvalue weighted by Crippen LogP contribution is -2.27. The molecule has 0 saturated carbocycles. The number of methoxy groups -OCH3 is 2. The van der Waals surface area contributed by atoms with Gasteiger partial charge in [0.25, 0.3) is 0 Å². The maximum atomic E-state index is 12.7. The summed E-state index contributed by atoms with van der Waals surface area (Å²) in [4.78, 5) is 12.7. The average Bonchev–Trinajstić information content (AvgIpc) is 3.17. The van der Waals surface area contributed by atoms with Crippen molar-refractivity contribution in [3.8, 4) is 11.5 Å². The molecule has 0 spiro atoms. The van der Waals surface area contributed by atoms with E-state index in [1.54, 1.807) is 14.2 Å². The van der Waals surface area contributed by atoms with Gasteiger partial charge >= 0.3 is 0 Å². The number of aromatic nitrogens is 2. The SMILES string of the molecule is COc1ccc(CC(=O)Nc2c3c(nn2C(C)(C)C)CSC3)cc1OC. The number of nitrogens with zero attached hydrogens (tertiary/aromatic N) is 2. The van der Waals surface area contributed by atoms with E-state index in [0.29, 0.717) is 11.5 Å². The van der Waals surface area contributed by atoms with Crippen molar-refractivity contribution in [3.63, 3.8) is 0 Å². The van der Waals surface area contributed by atoms with Crippen molar-refractivity contribution in [1.29, 1.82) is 0 Å². The highest BCUT2D eigenvalue weighted by Gasteiger charge is 2.28. The molecule has 1 aliphatic rings. The Labute approximate surface area is 158 Å². The first-order valence-electron chi connectivity index (χ1n) is 8.53. The topological polar surface area (TPSA) is 65.4 Å². The summed E-state index contributed by atoms with van der Waals surface area (Å²) in [6.07, 6.45) is 0.262. The Bertz CT molecular complexity index is 824. The zero-order valence-electron chi connectivity index (χ0n) is 15.9. The van der Waals surface area contributed by atoms with Crippen molar-refractivity contribution in [2.24, 2.45) is 0 Å². The van der Waals surface area contributed by atoms with Crippen LogP contribution in [-0.4, -0.2) is 29.9 Å². The standard InChI is InChI=1S/C19H25N3O3S/c1-19(2,3)22-18(13-10-26-11-14(13)21-22)20-17(23)9-12-6-7-15(24-4)16(8-12)25-5/h6-8H,9-11H2,1-5H3,(H,20,23). The van der Waals surface area contributed by atoms with Gasteiger partial charge < -0.3 is 14.8 Å². The Kier molecular flexibility index (Phi) is 5.18. The number of nitrogens with one attached hydrogen (secondary N) is 1. The molecule has 6 nitrogen and oxygen atoms in total. The zero-order chi connectivity index (χ0) is 18.9. The van der Waals surface area contributed by atoms with Gasteiger partial charge in [-0.2, -0.15) is 16.9 Å². The van der Waals surface area contributed by atoms with E-state index in [1.165, 1.54) is 0 Å². The highest BCUT2D eigenvalue weighted by Crippen LogP contribution is 2.37.